The van der Waals surface area contributed by atoms with E-state index in [0.29, 0.717) is 24.1 Å². The van der Waals surface area contributed by atoms with Gasteiger partial charge in [0, 0.05) is 13.1 Å². The standard InChI is InChI=1S/C13H26N2O2S/c1-2-9-15(10-12-5-7-14-8-6-12)18(16,17)11-13-3-4-13/h12-14H,2-11H2,1H3. The van der Waals surface area contributed by atoms with E-state index in [1.165, 1.54) is 0 Å². The normalized spacial score (nSPS) is 22.6. The summed E-state index contributed by atoms with van der Waals surface area (Å²) in [6.45, 7) is 5.56. The summed E-state index contributed by atoms with van der Waals surface area (Å²) in [6.07, 6.45) is 5.34. The number of nitrogens with one attached hydrogen (secondary N) is 1. The van der Waals surface area contributed by atoms with Crippen LogP contribution in [-0.4, -0.2) is 44.7 Å². The molecule has 2 fully saturated rings. The van der Waals surface area contributed by atoms with Crippen molar-refractivity contribution in [2.75, 3.05) is 31.9 Å². The van der Waals surface area contributed by atoms with Gasteiger partial charge >= 0.3 is 0 Å². The van der Waals surface area contributed by atoms with Crippen LogP contribution in [-0.2, 0) is 10.0 Å². The van der Waals surface area contributed by atoms with Gasteiger partial charge in [0.05, 0.1) is 5.75 Å². The average molecular weight is 274 g/mol. The molecule has 0 aromatic rings. The van der Waals surface area contributed by atoms with Crippen molar-refractivity contribution in [1.29, 1.82) is 0 Å². The molecule has 4 nitrogen and oxygen atoms in total. The first-order valence-corrected chi connectivity index (χ1v) is 8.91. The second-order valence-electron chi connectivity index (χ2n) is 5.77. The first-order valence-electron chi connectivity index (χ1n) is 7.30. The van der Waals surface area contributed by atoms with Gasteiger partial charge in [-0.15, -0.1) is 0 Å². The summed E-state index contributed by atoms with van der Waals surface area (Å²) in [5.41, 5.74) is 0. The highest BCUT2D eigenvalue weighted by atomic mass is 32.2. The van der Waals surface area contributed by atoms with Gasteiger partial charge in [-0.05, 0) is 57.0 Å². The van der Waals surface area contributed by atoms with Crippen LogP contribution in [0, 0.1) is 11.8 Å². The Morgan fingerprint density at radius 2 is 1.78 bits per heavy atom. The summed E-state index contributed by atoms with van der Waals surface area (Å²) in [6, 6.07) is 0. The zero-order valence-electron chi connectivity index (χ0n) is 11.4. The highest BCUT2D eigenvalue weighted by molar-refractivity contribution is 7.89. The summed E-state index contributed by atoms with van der Waals surface area (Å²) in [4.78, 5) is 0. The third-order valence-corrected chi connectivity index (χ3v) is 5.94. The van der Waals surface area contributed by atoms with E-state index in [9.17, 15) is 8.42 Å². The lowest BCUT2D eigenvalue weighted by Gasteiger charge is -2.29. The lowest BCUT2D eigenvalue weighted by Crippen LogP contribution is -2.41. The van der Waals surface area contributed by atoms with Crippen LogP contribution in [0.1, 0.15) is 39.0 Å². The van der Waals surface area contributed by atoms with Crippen molar-refractivity contribution in [3.8, 4) is 0 Å². The molecule has 1 heterocycles. The number of sulfonamides is 1. The number of hydrogen-bond donors (Lipinski definition) is 1. The van der Waals surface area contributed by atoms with Crippen LogP contribution in [0.4, 0.5) is 0 Å². The molecule has 0 bridgehead atoms. The Hall–Kier alpha value is -0.130. The van der Waals surface area contributed by atoms with Crippen LogP contribution in [0.25, 0.3) is 0 Å². The maximum Gasteiger partial charge on any atom is 0.214 e. The molecule has 18 heavy (non-hydrogen) atoms. The van der Waals surface area contributed by atoms with Gasteiger partial charge in [0.15, 0.2) is 0 Å². The van der Waals surface area contributed by atoms with Crippen molar-refractivity contribution in [3.63, 3.8) is 0 Å². The number of rotatable bonds is 7. The van der Waals surface area contributed by atoms with Crippen molar-refractivity contribution in [2.45, 2.75) is 39.0 Å². The van der Waals surface area contributed by atoms with E-state index in [1.54, 1.807) is 4.31 Å². The van der Waals surface area contributed by atoms with Crippen LogP contribution in [0.15, 0.2) is 0 Å². The lowest BCUT2D eigenvalue weighted by molar-refractivity contribution is 0.288. The Balaban J connectivity index is 1.92. The van der Waals surface area contributed by atoms with E-state index < -0.39 is 10.0 Å². The molecule has 2 rings (SSSR count). The van der Waals surface area contributed by atoms with Gasteiger partial charge < -0.3 is 5.32 Å². The molecular weight excluding hydrogens is 248 g/mol. The molecule has 0 aromatic heterocycles. The zero-order chi connectivity index (χ0) is 13.0. The van der Waals surface area contributed by atoms with E-state index in [0.717, 1.165) is 51.7 Å². The summed E-state index contributed by atoms with van der Waals surface area (Å²) < 4.78 is 26.5. The van der Waals surface area contributed by atoms with E-state index in [4.69, 9.17) is 0 Å². The van der Waals surface area contributed by atoms with Crippen LogP contribution in [0.3, 0.4) is 0 Å². The number of nitrogens with zero attached hydrogens (tertiary/aromatic N) is 1. The third-order valence-electron chi connectivity index (χ3n) is 3.93. The first-order chi connectivity index (χ1) is 8.62. The molecule has 1 saturated carbocycles. The molecule has 0 radical (unpaired) electrons. The van der Waals surface area contributed by atoms with Crippen LogP contribution in [0.5, 0.6) is 0 Å². The molecule has 0 atom stereocenters. The maximum absolute atomic E-state index is 12.4. The number of hydrogen-bond acceptors (Lipinski definition) is 3. The van der Waals surface area contributed by atoms with Crippen molar-refractivity contribution < 1.29 is 8.42 Å². The van der Waals surface area contributed by atoms with Crippen LogP contribution >= 0.6 is 0 Å². The fraction of sp³-hybridized carbons (Fsp3) is 1.00. The molecule has 2 aliphatic rings. The fourth-order valence-electron chi connectivity index (χ4n) is 2.63. The highest BCUT2D eigenvalue weighted by Gasteiger charge is 2.32. The average Bonchev–Trinajstić information content (AvgIpc) is 3.13. The van der Waals surface area contributed by atoms with Crippen molar-refractivity contribution in [1.82, 2.24) is 9.62 Å². The Morgan fingerprint density at radius 1 is 1.11 bits per heavy atom. The molecule has 0 amide bonds. The molecule has 1 aliphatic carbocycles. The minimum absolute atomic E-state index is 0.387. The monoisotopic (exact) mass is 274 g/mol. The van der Waals surface area contributed by atoms with Gasteiger partial charge in [-0.3, -0.25) is 0 Å². The molecule has 106 valence electrons. The molecule has 5 heteroatoms. The van der Waals surface area contributed by atoms with E-state index in [1.807, 2.05) is 0 Å². The van der Waals surface area contributed by atoms with E-state index in [2.05, 4.69) is 12.2 Å². The summed E-state index contributed by atoms with van der Waals surface area (Å²) >= 11 is 0. The van der Waals surface area contributed by atoms with Gasteiger partial charge in [0.25, 0.3) is 0 Å². The second-order valence-corrected chi connectivity index (χ2v) is 7.79. The van der Waals surface area contributed by atoms with Crippen LogP contribution in [0.2, 0.25) is 0 Å². The largest absolute Gasteiger partial charge is 0.317 e. The van der Waals surface area contributed by atoms with Gasteiger partial charge in [0.1, 0.15) is 0 Å². The molecule has 0 spiro atoms. The van der Waals surface area contributed by atoms with Gasteiger partial charge in [-0.2, -0.15) is 0 Å². The Labute approximate surface area is 111 Å². The molecule has 1 aliphatic heterocycles. The predicted octanol–water partition coefficient (Wildman–Crippen LogP) is 1.44. The maximum atomic E-state index is 12.4. The summed E-state index contributed by atoms with van der Waals surface area (Å²) in [7, 11) is -3.01. The third kappa shape index (κ3) is 4.21. The van der Waals surface area contributed by atoms with Crippen molar-refractivity contribution in [2.24, 2.45) is 11.8 Å². The van der Waals surface area contributed by atoms with E-state index in [-0.39, 0.29) is 0 Å². The quantitative estimate of drug-likeness (QED) is 0.764. The summed E-state index contributed by atoms with van der Waals surface area (Å²) in [5, 5.41) is 3.33. The molecule has 1 saturated heterocycles. The Bertz CT molecular complexity index is 346. The van der Waals surface area contributed by atoms with Gasteiger partial charge in [0.2, 0.25) is 10.0 Å². The van der Waals surface area contributed by atoms with Crippen molar-refractivity contribution >= 4 is 10.0 Å². The predicted molar refractivity (Wildman–Crippen MR) is 74.0 cm³/mol. The molecule has 0 aromatic carbocycles. The number of piperidine rings is 1. The molecule has 0 unspecified atom stereocenters. The SMILES string of the molecule is CCCN(CC1CCNCC1)S(=O)(=O)CC1CC1. The molecule has 1 N–H and O–H groups in total. The van der Waals surface area contributed by atoms with Crippen LogP contribution < -0.4 is 5.32 Å². The van der Waals surface area contributed by atoms with Gasteiger partial charge in [-0.1, -0.05) is 6.92 Å². The fourth-order valence-corrected chi connectivity index (χ4v) is 4.67. The zero-order valence-corrected chi connectivity index (χ0v) is 12.2. The van der Waals surface area contributed by atoms with E-state index >= 15 is 0 Å². The summed E-state index contributed by atoms with van der Waals surface area (Å²) in [5.74, 6) is 1.38. The first kappa shape index (κ1) is 14.3. The van der Waals surface area contributed by atoms with Gasteiger partial charge in [-0.25, -0.2) is 12.7 Å². The van der Waals surface area contributed by atoms with Crippen molar-refractivity contribution in [3.05, 3.63) is 0 Å². The Morgan fingerprint density at radius 3 is 2.33 bits per heavy atom. The Kier molecular flexibility index (Phi) is 5.04. The highest BCUT2D eigenvalue weighted by Crippen LogP contribution is 2.31. The molecular formula is C13H26N2O2S. The minimum Gasteiger partial charge on any atom is -0.317 e. The lowest BCUT2D eigenvalue weighted by atomic mass is 9.98. The smallest absolute Gasteiger partial charge is 0.214 e. The topological polar surface area (TPSA) is 49.4 Å². The second kappa shape index (κ2) is 6.35. The minimum atomic E-state index is -3.01.